The molecular weight excluding hydrogens is 384 g/mol. The van der Waals surface area contributed by atoms with Crippen LogP contribution in [0.25, 0.3) is 0 Å². The molecule has 2 heterocycles. The highest BCUT2D eigenvalue weighted by Crippen LogP contribution is 2.40. The number of fused-ring (bicyclic) bond motifs is 1. The molecule has 0 bridgehead atoms. The fraction of sp³-hybridized carbons (Fsp3) is 0.533. The van der Waals surface area contributed by atoms with Gasteiger partial charge in [-0.15, -0.1) is 0 Å². The molecule has 0 N–H and O–H groups in total. The first kappa shape index (κ1) is 16.9. The molecule has 0 atom stereocenters. The first-order valence-electron chi connectivity index (χ1n) is 7.43. The maximum absolute atomic E-state index is 12.5. The first-order chi connectivity index (χ1) is 10.7. The summed E-state index contributed by atoms with van der Waals surface area (Å²) in [5.41, 5.74) is 0.00400. The molecule has 0 radical (unpaired) electrons. The lowest BCUT2D eigenvalue weighted by molar-refractivity contribution is 0.00526. The highest BCUT2D eigenvalue weighted by Gasteiger charge is 2.45. The summed E-state index contributed by atoms with van der Waals surface area (Å²) in [7, 11) is -0.370. The molecule has 126 valence electrons. The van der Waals surface area contributed by atoms with E-state index >= 15 is 0 Å². The smallest absolute Gasteiger partial charge is 0.281 e. The number of carbonyl (C=O) groups is 1. The normalized spacial score (nSPS) is 21.3. The van der Waals surface area contributed by atoms with Crippen molar-refractivity contribution in [2.75, 3.05) is 27.2 Å². The standard InChI is InChI=1S/C15H19BrN2O4S/c1-17(2)23(20,21)18-7-5-15(6-8-18)10-13(19)12-9-11(16)3-4-14(12)22-15/h3-4,9H,5-8,10H2,1-2H3. The van der Waals surface area contributed by atoms with Crippen LogP contribution in [0.15, 0.2) is 22.7 Å². The third-order valence-corrected chi connectivity index (χ3v) is 6.91. The highest BCUT2D eigenvalue weighted by atomic mass is 79.9. The zero-order valence-electron chi connectivity index (χ0n) is 13.1. The van der Waals surface area contributed by atoms with Gasteiger partial charge in [0.1, 0.15) is 11.4 Å². The minimum absolute atomic E-state index is 0.0523. The van der Waals surface area contributed by atoms with Gasteiger partial charge < -0.3 is 4.74 Å². The topological polar surface area (TPSA) is 66.9 Å². The summed E-state index contributed by atoms with van der Waals surface area (Å²) in [5.74, 6) is 0.643. The van der Waals surface area contributed by atoms with Gasteiger partial charge in [-0.3, -0.25) is 4.79 Å². The van der Waals surface area contributed by atoms with Crippen molar-refractivity contribution in [3.8, 4) is 5.75 Å². The lowest BCUT2D eigenvalue weighted by Crippen LogP contribution is -2.53. The molecule has 1 spiro atoms. The summed E-state index contributed by atoms with van der Waals surface area (Å²) in [6, 6.07) is 5.41. The Kier molecular flexibility index (Phi) is 4.29. The average molecular weight is 403 g/mol. The summed E-state index contributed by atoms with van der Waals surface area (Å²) in [6.07, 6.45) is 1.33. The molecule has 0 unspecified atom stereocenters. The number of nitrogens with zero attached hydrogens (tertiary/aromatic N) is 2. The molecule has 8 heteroatoms. The molecule has 0 amide bonds. The van der Waals surface area contributed by atoms with Crippen LogP contribution in [0.4, 0.5) is 0 Å². The van der Waals surface area contributed by atoms with E-state index in [-0.39, 0.29) is 5.78 Å². The van der Waals surface area contributed by atoms with Gasteiger partial charge in [-0.1, -0.05) is 15.9 Å². The Hall–Kier alpha value is -0.960. The van der Waals surface area contributed by atoms with Crippen LogP contribution >= 0.6 is 15.9 Å². The monoisotopic (exact) mass is 402 g/mol. The Morgan fingerprint density at radius 3 is 2.52 bits per heavy atom. The van der Waals surface area contributed by atoms with E-state index in [1.54, 1.807) is 12.1 Å². The van der Waals surface area contributed by atoms with E-state index in [1.165, 1.54) is 22.7 Å². The quantitative estimate of drug-likeness (QED) is 0.758. The maximum atomic E-state index is 12.5. The minimum Gasteiger partial charge on any atom is -0.486 e. The number of benzene rings is 1. The fourth-order valence-corrected chi connectivity index (χ4v) is 4.57. The largest absolute Gasteiger partial charge is 0.486 e. The van der Waals surface area contributed by atoms with Crippen LogP contribution in [-0.2, 0) is 10.2 Å². The zero-order valence-corrected chi connectivity index (χ0v) is 15.5. The first-order valence-corrected chi connectivity index (χ1v) is 9.62. The number of ether oxygens (including phenoxy) is 1. The number of hydrogen-bond acceptors (Lipinski definition) is 4. The Morgan fingerprint density at radius 2 is 1.91 bits per heavy atom. The second-order valence-electron chi connectivity index (χ2n) is 6.21. The van der Waals surface area contributed by atoms with E-state index < -0.39 is 15.8 Å². The van der Waals surface area contributed by atoms with Crippen molar-refractivity contribution in [3.05, 3.63) is 28.2 Å². The molecule has 0 aliphatic carbocycles. The molecule has 1 aromatic rings. The summed E-state index contributed by atoms with van der Waals surface area (Å²) < 4.78 is 34.0. The maximum Gasteiger partial charge on any atom is 0.281 e. The van der Waals surface area contributed by atoms with Crippen LogP contribution in [0.2, 0.25) is 0 Å². The number of rotatable bonds is 2. The van der Waals surface area contributed by atoms with Gasteiger partial charge in [0.25, 0.3) is 10.2 Å². The molecule has 2 aliphatic heterocycles. The Morgan fingerprint density at radius 1 is 1.26 bits per heavy atom. The Bertz CT molecular complexity index is 740. The lowest BCUT2D eigenvalue weighted by Gasteiger charge is -2.43. The predicted molar refractivity (Wildman–Crippen MR) is 89.9 cm³/mol. The second kappa shape index (κ2) is 5.84. The van der Waals surface area contributed by atoms with Gasteiger partial charge in [0.15, 0.2) is 5.78 Å². The number of piperidine rings is 1. The SMILES string of the molecule is CN(C)S(=O)(=O)N1CCC2(CC1)CC(=O)c1cc(Br)ccc1O2. The van der Waals surface area contributed by atoms with Gasteiger partial charge in [-0.05, 0) is 18.2 Å². The van der Waals surface area contributed by atoms with Crippen LogP contribution < -0.4 is 4.74 Å². The molecule has 23 heavy (non-hydrogen) atoms. The molecule has 1 saturated heterocycles. The second-order valence-corrected chi connectivity index (χ2v) is 9.27. The average Bonchev–Trinajstić information content (AvgIpc) is 2.48. The molecule has 3 rings (SSSR count). The lowest BCUT2D eigenvalue weighted by atomic mass is 9.83. The molecule has 1 aromatic carbocycles. The molecular formula is C15H19BrN2O4S. The van der Waals surface area contributed by atoms with E-state index in [4.69, 9.17) is 4.74 Å². The van der Waals surface area contributed by atoms with Gasteiger partial charge in [-0.25, -0.2) is 0 Å². The molecule has 0 aromatic heterocycles. The molecule has 0 saturated carbocycles. The third kappa shape index (κ3) is 3.05. The van der Waals surface area contributed by atoms with Gasteiger partial charge in [-0.2, -0.15) is 17.0 Å². The van der Waals surface area contributed by atoms with Crippen molar-refractivity contribution >= 4 is 31.9 Å². The van der Waals surface area contributed by atoms with E-state index in [0.29, 0.717) is 43.7 Å². The highest BCUT2D eigenvalue weighted by molar-refractivity contribution is 9.10. The summed E-state index contributed by atoms with van der Waals surface area (Å²) >= 11 is 3.36. The minimum atomic E-state index is -3.41. The number of halogens is 1. The van der Waals surface area contributed by atoms with Crippen molar-refractivity contribution < 1.29 is 17.9 Å². The van der Waals surface area contributed by atoms with Crippen molar-refractivity contribution in [1.82, 2.24) is 8.61 Å². The van der Waals surface area contributed by atoms with Crippen molar-refractivity contribution in [3.63, 3.8) is 0 Å². The van der Waals surface area contributed by atoms with Crippen molar-refractivity contribution in [2.24, 2.45) is 0 Å². The molecule has 6 nitrogen and oxygen atoms in total. The number of Topliss-reactive ketones (excluding diaryl/α,β-unsaturated/α-hetero) is 1. The summed E-state index contributed by atoms with van der Waals surface area (Å²) in [5, 5.41) is 0. The van der Waals surface area contributed by atoms with E-state index in [1.807, 2.05) is 6.07 Å². The fourth-order valence-electron chi connectivity index (χ4n) is 3.10. The van der Waals surface area contributed by atoms with Crippen LogP contribution in [0.3, 0.4) is 0 Å². The van der Waals surface area contributed by atoms with Crippen molar-refractivity contribution in [2.45, 2.75) is 24.9 Å². The molecule has 1 fully saturated rings. The predicted octanol–water partition coefficient (Wildman–Crippen LogP) is 2.06. The number of carbonyl (C=O) groups excluding carboxylic acids is 1. The van der Waals surface area contributed by atoms with Gasteiger partial charge >= 0.3 is 0 Å². The Balaban J connectivity index is 1.80. The molecule has 2 aliphatic rings. The summed E-state index contributed by atoms with van der Waals surface area (Å²) in [6.45, 7) is 0.722. The summed E-state index contributed by atoms with van der Waals surface area (Å²) in [4.78, 5) is 12.5. The van der Waals surface area contributed by atoms with Gasteiger partial charge in [0.2, 0.25) is 0 Å². The van der Waals surface area contributed by atoms with Crippen LogP contribution in [-0.4, -0.2) is 55.6 Å². The zero-order chi connectivity index (χ0) is 16.8. The van der Waals surface area contributed by atoms with Crippen LogP contribution in [0.1, 0.15) is 29.6 Å². The van der Waals surface area contributed by atoms with E-state index in [9.17, 15) is 13.2 Å². The third-order valence-electron chi connectivity index (χ3n) is 4.47. The van der Waals surface area contributed by atoms with Crippen LogP contribution in [0, 0.1) is 0 Å². The van der Waals surface area contributed by atoms with Crippen LogP contribution in [0.5, 0.6) is 5.75 Å². The number of hydrogen-bond donors (Lipinski definition) is 0. The van der Waals surface area contributed by atoms with Gasteiger partial charge in [0.05, 0.1) is 12.0 Å². The van der Waals surface area contributed by atoms with Crippen molar-refractivity contribution in [1.29, 1.82) is 0 Å². The Labute approximate surface area is 144 Å². The number of ketones is 1. The van der Waals surface area contributed by atoms with E-state index in [0.717, 1.165) is 4.47 Å². The van der Waals surface area contributed by atoms with Gasteiger partial charge in [0, 0.05) is 44.5 Å². The van der Waals surface area contributed by atoms with E-state index in [2.05, 4.69) is 15.9 Å².